The summed E-state index contributed by atoms with van der Waals surface area (Å²) < 4.78 is 0. The highest BCUT2D eigenvalue weighted by Crippen LogP contribution is 2.38. The first-order chi connectivity index (χ1) is 8.21. The van der Waals surface area contributed by atoms with Gasteiger partial charge in [0.15, 0.2) is 0 Å². The Morgan fingerprint density at radius 2 is 2.24 bits per heavy atom. The number of aliphatic hydroxyl groups is 2. The second-order valence-corrected chi connectivity index (χ2v) is 6.18. The minimum Gasteiger partial charge on any atom is -0.394 e. The molecule has 0 bridgehead atoms. The second kappa shape index (κ2) is 7.97. The van der Waals surface area contributed by atoms with Crippen molar-refractivity contribution in [3.8, 4) is 6.07 Å². The standard InChI is InChI=1S/C13H23NO2S/c1-2-3-10-4-5-11(7-14)13(6-10)17-9-12(16)8-15/h10-13,15-16H,2-6,8-9H2,1H3. The highest BCUT2D eigenvalue weighted by atomic mass is 32.2. The average molecular weight is 257 g/mol. The number of rotatable bonds is 6. The van der Waals surface area contributed by atoms with Crippen LogP contribution in [0.15, 0.2) is 0 Å². The van der Waals surface area contributed by atoms with Crippen molar-refractivity contribution in [2.45, 2.75) is 50.4 Å². The number of hydrogen-bond acceptors (Lipinski definition) is 4. The second-order valence-electron chi connectivity index (χ2n) is 4.91. The molecule has 4 unspecified atom stereocenters. The molecule has 98 valence electrons. The van der Waals surface area contributed by atoms with Gasteiger partial charge in [0.2, 0.25) is 0 Å². The van der Waals surface area contributed by atoms with E-state index in [4.69, 9.17) is 10.4 Å². The predicted octanol–water partition coefficient (Wildman–Crippen LogP) is 2.18. The number of nitrogens with zero attached hydrogens (tertiary/aromatic N) is 1. The van der Waals surface area contributed by atoms with Crippen LogP contribution < -0.4 is 0 Å². The van der Waals surface area contributed by atoms with E-state index in [1.54, 1.807) is 11.8 Å². The van der Waals surface area contributed by atoms with E-state index in [1.807, 2.05) is 0 Å². The Bertz CT molecular complexity index is 254. The molecule has 17 heavy (non-hydrogen) atoms. The van der Waals surface area contributed by atoms with Crippen LogP contribution in [0.4, 0.5) is 0 Å². The van der Waals surface area contributed by atoms with Crippen molar-refractivity contribution in [2.75, 3.05) is 12.4 Å². The summed E-state index contributed by atoms with van der Waals surface area (Å²) in [6, 6.07) is 2.39. The van der Waals surface area contributed by atoms with Crippen LogP contribution in [0, 0.1) is 23.2 Å². The first kappa shape index (κ1) is 14.8. The van der Waals surface area contributed by atoms with E-state index in [0.717, 1.165) is 18.8 Å². The van der Waals surface area contributed by atoms with E-state index in [2.05, 4.69) is 13.0 Å². The maximum Gasteiger partial charge on any atom is 0.0861 e. The molecule has 3 nitrogen and oxygen atoms in total. The summed E-state index contributed by atoms with van der Waals surface area (Å²) in [4.78, 5) is 0. The van der Waals surface area contributed by atoms with Crippen molar-refractivity contribution in [3.63, 3.8) is 0 Å². The SMILES string of the molecule is CCCC1CCC(C#N)C(SCC(O)CO)C1. The van der Waals surface area contributed by atoms with Crippen molar-refractivity contribution in [2.24, 2.45) is 11.8 Å². The van der Waals surface area contributed by atoms with Gasteiger partial charge in [-0.3, -0.25) is 0 Å². The van der Waals surface area contributed by atoms with Crippen LogP contribution in [0.25, 0.3) is 0 Å². The summed E-state index contributed by atoms with van der Waals surface area (Å²) in [7, 11) is 0. The number of hydrogen-bond donors (Lipinski definition) is 2. The van der Waals surface area contributed by atoms with E-state index in [1.165, 1.54) is 19.3 Å². The summed E-state index contributed by atoms with van der Waals surface area (Å²) in [6.07, 6.45) is 5.07. The normalized spacial score (nSPS) is 30.8. The van der Waals surface area contributed by atoms with Gasteiger partial charge in [-0.15, -0.1) is 0 Å². The van der Waals surface area contributed by atoms with Crippen LogP contribution in [0.3, 0.4) is 0 Å². The molecule has 2 N–H and O–H groups in total. The van der Waals surface area contributed by atoms with Gasteiger partial charge < -0.3 is 10.2 Å². The topological polar surface area (TPSA) is 64.2 Å². The molecule has 1 aliphatic carbocycles. The molecule has 1 aliphatic rings. The fourth-order valence-corrected chi connectivity index (χ4v) is 3.91. The predicted molar refractivity (Wildman–Crippen MR) is 70.7 cm³/mol. The summed E-state index contributed by atoms with van der Waals surface area (Å²) in [5.41, 5.74) is 0. The molecule has 0 radical (unpaired) electrons. The highest BCUT2D eigenvalue weighted by molar-refractivity contribution is 7.99. The Labute approximate surface area is 108 Å². The zero-order valence-electron chi connectivity index (χ0n) is 10.5. The van der Waals surface area contributed by atoms with E-state index in [9.17, 15) is 5.11 Å². The quantitative estimate of drug-likeness (QED) is 0.765. The van der Waals surface area contributed by atoms with Gasteiger partial charge in [-0.25, -0.2) is 0 Å². The van der Waals surface area contributed by atoms with Gasteiger partial charge in [-0.2, -0.15) is 17.0 Å². The van der Waals surface area contributed by atoms with Crippen LogP contribution in [0.1, 0.15) is 39.0 Å². The number of thioether (sulfide) groups is 1. The molecule has 1 fully saturated rings. The molecule has 0 aromatic rings. The lowest BCUT2D eigenvalue weighted by molar-refractivity contribution is 0.113. The summed E-state index contributed by atoms with van der Waals surface area (Å²) in [6.45, 7) is 2.02. The van der Waals surface area contributed by atoms with Gasteiger partial charge in [-0.1, -0.05) is 19.8 Å². The Morgan fingerprint density at radius 1 is 1.47 bits per heavy atom. The van der Waals surface area contributed by atoms with E-state index in [0.29, 0.717) is 11.0 Å². The molecule has 1 rings (SSSR count). The van der Waals surface area contributed by atoms with Crippen molar-refractivity contribution < 1.29 is 10.2 Å². The first-order valence-corrected chi connectivity index (χ1v) is 7.56. The summed E-state index contributed by atoms with van der Waals surface area (Å²) >= 11 is 1.66. The molecule has 0 aromatic heterocycles. The van der Waals surface area contributed by atoms with E-state index in [-0.39, 0.29) is 12.5 Å². The third-order valence-corrected chi connectivity index (χ3v) is 5.00. The smallest absolute Gasteiger partial charge is 0.0861 e. The molecule has 4 heteroatoms. The van der Waals surface area contributed by atoms with Crippen LogP contribution >= 0.6 is 11.8 Å². The monoisotopic (exact) mass is 257 g/mol. The van der Waals surface area contributed by atoms with E-state index >= 15 is 0 Å². The molecule has 0 aliphatic heterocycles. The fraction of sp³-hybridized carbons (Fsp3) is 0.923. The largest absolute Gasteiger partial charge is 0.394 e. The minimum absolute atomic E-state index is 0.124. The van der Waals surface area contributed by atoms with Crippen LogP contribution in [-0.2, 0) is 0 Å². The van der Waals surface area contributed by atoms with Gasteiger partial charge in [-0.05, 0) is 25.2 Å². The summed E-state index contributed by atoms with van der Waals surface area (Å²) in [5, 5.41) is 27.6. The third kappa shape index (κ3) is 4.87. The van der Waals surface area contributed by atoms with Crippen molar-refractivity contribution in [1.82, 2.24) is 0 Å². The molecule has 0 amide bonds. The molecular formula is C13H23NO2S. The lowest BCUT2D eigenvalue weighted by Crippen LogP contribution is -2.28. The molecule has 4 atom stereocenters. The molecule has 1 saturated carbocycles. The summed E-state index contributed by atoms with van der Waals surface area (Å²) in [5.74, 6) is 1.41. The zero-order chi connectivity index (χ0) is 12.7. The molecule has 0 aromatic carbocycles. The Balaban J connectivity index is 2.43. The Kier molecular flexibility index (Phi) is 6.94. The van der Waals surface area contributed by atoms with Gasteiger partial charge in [0.05, 0.1) is 24.7 Å². The lowest BCUT2D eigenvalue weighted by Gasteiger charge is -2.32. The zero-order valence-corrected chi connectivity index (χ0v) is 11.3. The Hall–Kier alpha value is -0.240. The minimum atomic E-state index is -0.647. The van der Waals surface area contributed by atoms with Gasteiger partial charge in [0.1, 0.15) is 0 Å². The molecule has 0 heterocycles. The van der Waals surface area contributed by atoms with Gasteiger partial charge >= 0.3 is 0 Å². The fourth-order valence-electron chi connectivity index (χ4n) is 2.50. The average Bonchev–Trinajstić information content (AvgIpc) is 2.36. The maximum atomic E-state index is 9.36. The Morgan fingerprint density at radius 3 is 2.82 bits per heavy atom. The number of aliphatic hydroxyl groups excluding tert-OH is 2. The van der Waals surface area contributed by atoms with Crippen molar-refractivity contribution in [1.29, 1.82) is 5.26 Å². The molecule has 0 spiro atoms. The maximum absolute atomic E-state index is 9.36. The van der Waals surface area contributed by atoms with Gasteiger partial charge in [0.25, 0.3) is 0 Å². The van der Waals surface area contributed by atoms with Crippen LogP contribution in [0.2, 0.25) is 0 Å². The number of nitriles is 1. The lowest BCUT2D eigenvalue weighted by atomic mass is 9.80. The molecular weight excluding hydrogens is 234 g/mol. The van der Waals surface area contributed by atoms with E-state index < -0.39 is 6.10 Å². The molecule has 0 saturated heterocycles. The van der Waals surface area contributed by atoms with Gasteiger partial charge in [0, 0.05) is 11.0 Å². The first-order valence-electron chi connectivity index (χ1n) is 6.51. The van der Waals surface area contributed by atoms with Crippen LogP contribution in [0.5, 0.6) is 0 Å². The van der Waals surface area contributed by atoms with Crippen molar-refractivity contribution >= 4 is 11.8 Å². The third-order valence-electron chi connectivity index (χ3n) is 3.48. The van der Waals surface area contributed by atoms with Crippen molar-refractivity contribution in [3.05, 3.63) is 0 Å². The highest BCUT2D eigenvalue weighted by Gasteiger charge is 2.30. The van der Waals surface area contributed by atoms with Crippen LogP contribution in [-0.4, -0.2) is 33.9 Å².